The van der Waals surface area contributed by atoms with E-state index >= 15 is 0 Å². The summed E-state index contributed by atoms with van der Waals surface area (Å²) in [5.41, 5.74) is 0. The van der Waals surface area contributed by atoms with Gasteiger partial charge in [-0.1, -0.05) is 6.07 Å². The minimum atomic E-state index is -3.64. The molecule has 0 aliphatic carbocycles. The number of benzene rings is 1. The molecule has 1 rings (SSSR count). The van der Waals surface area contributed by atoms with Crippen LogP contribution < -0.4 is 34.3 Å². The molecule has 0 fully saturated rings. The third-order valence-electron chi connectivity index (χ3n) is 1.70. The standard InChI is InChI=1S/C9H13NO4S2.Na/c1-7(2)10-16(13,14)9-5-3-4-8(6-9)15(11)12;/h3-7,10H,1-2H3,(H,11,12);/q;+1/p-1. The minimum absolute atomic E-state index is 0. The molecule has 0 spiro atoms. The molecule has 0 bridgehead atoms. The third kappa shape index (κ3) is 5.17. The Morgan fingerprint density at radius 2 is 1.94 bits per heavy atom. The van der Waals surface area contributed by atoms with Gasteiger partial charge in [0, 0.05) is 10.9 Å². The molecule has 5 nitrogen and oxygen atoms in total. The number of sulfonamides is 1. The maximum Gasteiger partial charge on any atom is 1.00 e. The van der Waals surface area contributed by atoms with Crippen LogP contribution in [0.3, 0.4) is 0 Å². The van der Waals surface area contributed by atoms with Gasteiger partial charge in [-0.2, -0.15) is 0 Å². The first-order valence-corrected chi connectivity index (χ1v) is 7.10. The molecule has 1 aromatic rings. The maximum atomic E-state index is 11.7. The van der Waals surface area contributed by atoms with E-state index in [0.717, 1.165) is 6.07 Å². The Hall–Kier alpha value is 0.240. The van der Waals surface area contributed by atoms with E-state index < -0.39 is 21.1 Å². The van der Waals surface area contributed by atoms with Crippen LogP contribution in [0.5, 0.6) is 0 Å². The minimum Gasteiger partial charge on any atom is -0.768 e. The van der Waals surface area contributed by atoms with Crippen molar-refractivity contribution in [1.82, 2.24) is 4.72 Å². The Balaban J connectivity index is 0.00000256. The average Bonchev–Trinajstić information content (AvgIpc) is 2.16. The first-order chi connectivity index (χ1) is 7.33. The Labute approximate surface area is 126 Å². The van der Waals surface area contributed by atoms with Crippen LogP contribution in [0.1, 0.15) is 13.8 Å². The van der Waals surface area contributed by atoms with Gasteiger partial charge in [-0.25, -0.2) is 13.1 Å². The summed E-state index contributed by atoms with van der Waals surface area (Å²) >= 11 is -2.43. The van der Waals surface area contributed by atoms with Gasteiger partial charge < -0.3 is 4.55 Å². The second kappa shape index (κ2) is 6.98. The van der Waals surface area contributed by atoms with Crippen molar-refractivity contribution in [2.45, 2.75) is 29.7 Å². The summed E-state index contributed by atoms with van der Waals surface area (Å²) in [6.45, 7) is 3.38. The summed E-state index contributed by atoms with van der Waals surface area (Å²) in [6.07, 6.45) is 0. The number of rotatable bonds is 4. The SMILES string of the molecule is CC(C)NS(=O)(=O)c1cccc(S(=O)[O-])c1.[Na+]. The third-order valence-corrected chi connectivity index (χ3v) is 3.99. The zero-order valence-corrected chi connectivity index (χ0v) is 13.5. The Kier molecular flexibility index (Phi) is 7.08. The van der Waals surface area contributed by atoms with Crippen molar-refractivity contribution in [2.24, 2.45) is 0 Å². The van der Waals surface area contributed by atoms with Crippen LogP contribution >= 0.6 is 0 Å². The van der Waals surface area contributed by atoms with Gasteiger partial charge in [-0.3, -0.25) is 4.21 Å². The molecule has 0 amide bonds. The molecular weight excluding hydrogens is 273 g/mol. The van der Waals surface area contributed by atoms with Crippen LogP contribution in [-0.4, -0.2) is 23.2 Å². The van der Waals surface area contributed by atoms with Crippen molar-refractivity contribution < 1.29 is 46.7 Å². The van der Waals surface area contributed by atoms with E-state index in [0.29, 0.717) is 0 Å². The largest absolute Gasteiger partial charge is 1.00 e. The molecule has 1 N–H and O–H groups in total. The van der Waals surface area contributed by atoms with Crippen LogP contribution in [0.2, 0.25) is 0 Å². The Bertz CT molecular complexity index is 501. The molecule has 0 saturated carbocycles. The van der Waals surface area contributed by atoms with Crippen molar-refractivity contribution in [3.05, 3.63) is 24.3 Å². The van der Waals surface area contributed by atoms with E-state index in [4.69, 9.17) is 0 Å². The Morgan fingerprint density at radius 3 is 2.41 bits per heavy atom. The summed E-state index contributed by atoms with van der Waals surface area (Å²) in [4.78, 5) is -0.102. The van der Waals surface area contributed by atoms with Gasteiger partial charge in [-0.15, -0.1) is 0 Å². The fourth-order valence-electron chi connectivity index (χ4n) is 1.12. The molecule has 90 valence electrons. The summed E-state index contributed by atoms with van der Waals surface area (Å²) in [6, 6.07) is 4.94. The van der Waals surface area contributed by atoms with Gasteiger partial charge in [0.05, 0.1) is 4.90 Å². The predicted molar refractivity (Wildman–Crippen MR) is 59.1 cm³/mol. The van der Waals surface area contributed by atoms with Crippen LogP contribution in [-0.2, 0) is 21.1 Å². The summed E-state index contributed by atoms with van der Waals surface area (Å²) < 4.78 is 47.2. The van der Waals surface area contributed by atoms with Crippen LogP contribution in [0.25, 0.3) is 0 Å². The van der Waals surface area contributed by atoms with Gasteiger partial charge in [0.2, 0.25) is 10.0 Å². The molecule has 0 saturated heterocycles. The first kappa shape index (κ1) is 17.2. The average molecular weight is 285 g/mol. The summed E-state index contributed by atoms with van der Waals surface area (Å²) in [7, 11) is -3.64. The molecule has 0 aromatic heterocycles. The topological polar surface area (TPSA) is 86.3 Å². The summed E-state index contributed by atoms with van der Waals surface area (Å²) in [5, 5.41) is 0. The molecular formula is C9H12NNaO4S2. The van der Waals surface area contributed by atoms with E-state index in [9.17, 15) is 17.2 Å². The quantitative estimate of drug-likeness (QED) is 0.494. The monoisotopic (exact) mass is 285 g/mol. The van der Waals surface area contributed by atoms with Gasteiger partial charge in [-0.05, 0) is 43.1 Å². The van der Waals surface area contributed by atoms with E-state index in [1.165, 1.54) is 18.2 Å². The smallest absolute Gasteiger partial charge is 0.768 e. The number of nitrogens with one attached hydrogen (secondary N) is 1. The van der Waals surface area contributed by atoms with Crippen LogP contribution in [0.4, 0.5) is 0 Å². The zero-order valence-electron chi connectivity index (χ0n) is 9.84. The van der Waals surface area contributed by atoms with E-state index in [-0.39, 0.29) is 45.4 Å². The van der Waals surface area contributed by atoms with Crippen molar-refractivity contribution >= 4 is 21.1 Å². The summed E-state index contributed by atoms with van der Waals surface area (Å²) in [5.74, 6) is 0. The van der Waals surface area contributed by atoms with E-state index in [2.05, 4.69) is 4.72 Å². The second-order valence-corrected chi connectivity index (χ2v) is 6.14. The van der Waals surface area contributed by atoms with Gasteiger partial charge in [0.15, 0.2) is 0 Å². The maximum absolute atomic E-state index is 11.7. The van der Waals surface area contributed by atoms with Crippen LogP contribution in [0.15, 0.2) is 34.1 Å². The number of hydrogen-bond acceptors (Lipinski definition) is 4. The van der Waals surface area contributed by atoms with Crippen molar-refractivity contribution in [3.63, 3.8) is 0 Å². The van der Waals surface area contributed by atoms with Gasteiger partial charge >= 0.3 is 29.6 Å². The fourth-order valence-corrected chi connectivity index (χ4v) is 2.91. The molecule has 1 unspecified atom stereocenters. The first-order valence-electron chi connectivity index (χ1n) is 4.54. The molecule has 0 aliphatic rings. The van der Waals surface area contributed by atoms with Crippen molar-refractivity contribution in [1.29, 1.82) is 0 Å². The number of hydrogen-bond donors (Lipinski definition) is 1. The van der Waals surface area contributed by atoms with Crippen molar-refractivity contribution in [2.75, 3.05) is 0 Å². The molecule has 0 heterocycles. The van der Waals surface area contributed by atoms with Crippen molar-refractivity contribution in [3.8, 4) is 0 Å². The molecule has 8 heteroatoms. The Morgan fingerprint density at radius 1 is 1.35 bits per heavy atom. The second-order valence-electron chi connectivity index (χ2n) is 3.49. The van der Waals surface area contributed by atoms with E-state index in [1.54, 1.807) is 13.8 Å². The predicted octanol–water partition coefficient (Wildman–Crippen LogP) is -2.38. The molecule has 17 heavy (non-hydrogen) atoms. The van der Waals surface area contributed by atoms with E-state index in [1.807, 2.05) is 0 Å². The van der Waals surface area contributed by atoms with Gasteiger partial charge in [0.1, 0.15) is 0 Å². The molecule has 0 radical (unpaired) electrons. The molecule has 1 atom stereocenters. The normalized spacial score (nSPS) is 13.2. The van der Waals surface area contributed by atoms with Gasteiger partial charge in [0.25, 0.3) is 0 Å². The molecule has 1 aromatic carbocycles. The van der Waals surface area contributed by atoms with Crippen LogP contribution in [0, 0.1) is 0 Å². The fraction of sp³-hybridized carbons (Fsp3) is 0.333. The molecule has 0 aliphatic heterocycles. The zero-order chi connectivity index (χ0) is 12.3.